The van der Waals surface area contributed by atoms with Gasteiger partial charge in [0, 0.05) is 43.3 Å². The van der Waals surface area contributed by atoms with Crippen molar-refractivity contribution in [3.63, 3.8) is 0 Å². The third kappa shape index (κ3) is 4.06. The monoisotopic (exact) mass is 458 g/mol. The number of carbonyl (C=O) groups is 1. The number of fused-ring (bicyclic) bond motifs is 3. The van der Waals surface area contributed by atoms with Crippen LogP contribution in [0, 0.1) is 0 Å². The van der Waals surface area contributed by atoms with Crippen LogP contribution in [0.5, 0.6) is 0 Å². The molecular weight excluding hydrogens is 428 g/mol. The molecule has 0 radical (unpaired) electrons. The molecule has 0 bridgehead atoms. The Bertz CT molecular complexity index is 1030. The van der Waals surface area contributed by atoms with Gasteiger partial charge in [-0.2, -0.15) is 0 Å². The predicted octanol–water partition coefficient (Wildman–Crippen LogP) is 3.85. The van der Waals surface area contributed by atoms with Crippen LogP contribution >= 0.6 is 11.6 Å². The van der Waals surface area contributed by atoms with Crippen molar-refractivity contribution in [2.24, 2.45) is 0 Å². The molecule has 0 atom stereocenters. The number of anilines is 1. The number of aromatic nitrogens is 3. The first-order valence-corrected chi connectivity index (χ1v) is 11.7. The minimum atomic E-state index is -0.492. The van der Waals surface area contributed by atoms with Gasteiger partial charge in [0.1, 0.15) is 5.60 Å². The third-order valence-corrected chi connectivity index (χ3v) is 6.88. The molecule has 1 aliphatic carbocycles. The first-order chi connectivity index (χ1) is 15.1. The quantitative estimate of drug-likeness (QED) is 0.681. The number of piperazine rings is 1. The first-order valence-electron chi connectivity index (χ1n) is 11.3. The molecule has 3 aliphatic rings. The Morgan fingerprint density at radius 1 is 1.09 bits per heavy atom. The van der Waals surface area contributed by atoms with Gasteiger partial charge in [0.2, 0.25) is 5.95 Å². The fourth-order valence-electron chi connectivity index (χ4n) is 4.49. The summed E-state index contributed by atoms with van der Waals surface area (Å²) in [5.74, 6) is 1.78. The molecule has 1 aromatic heterocycles. The first kappa shape index (κ1) is 21.5. The summed E-state index contributed by atoms with van der Waals surface area (Å²) in [6.45, 7) is 12.1. The lowest BCUT2D eigenvalue weighted by Gasteiger charge is -2.36. The van der Waals surface area contributed by atoms with Crippen LogP contribution in [0.3, 0.4) is 0 Å². The standard InChI is InChI=1S/C23H31ClN6O2/c1-22(2,3)32-21(31)28-11-9-27(10-12-28)20-26-25-19-15-29(23(4)7-8-23)14-16-13-17(24)5-6-18(16)30(19)20/h5-6,13H,7-12,14-15H2,1-4H3. The summed E-state index contributed by atoms with van der Waals surface area (Å²) < 4.78 is 7.72. The molecule has 0 N–H and O–H groups in total. The molecule has 0 spiro atoms. The SMILES string of the molecule is CC(C)(C)OC(=O)N1CCN(c2nnc3n2-c2ccc(Cl)cc2CN(C2(C)CC2)C3)CC1. The largest absolute Gasteiger partial charge is 0.444 e. The van der Waals surface area contributed by atoms with Crippen LogP contribution in [0.15, 0.2) is 18.2 Å². The number of nitrogens with zero attached hydrogens (tertiary/aromatic N) is 6. The van der Waals surface area contributed by atoms with Crippen LogP contribution < -0.4 is 4.90 Å². The Balaban J connectivity index is 1.41. The summed E-state index contributed by atoms with van der Waals surface area (Å²) in [6.07, 6.45) is 2.15. The van der Waals surface area contributed by atoms with E-state index in [2.05, 4.69) is 43.6 Å². The average molecular weight is 459 g/mol. The highest BCUT2D eigenvalue weighted by atomic mass is 35.5. The number of rotatable bonds is 2. The molecule has 32 heavy (non-hydrogen) atoms. The molecule has 1 saturated heterocycles. The molecular formula is C23H31ClN6O2. The maximum atomic E-state index is 12.5. The van der Waals surface area contributed by atoms with E-state index in [0.29, 0.717) is 26.2 Å². The van der Waals surface area contributed by atoms with Crippen LogP contribution in [0.1, 0.15) is 51.9 Å². The highest BCUT2D eigenvalue weighted by Gasteiger charge is 2.45. The fourth-order valence-corrected chi connectivity index (χ4v) is 4.68. The number of amides is 1. The van der Waals surface area contributed by atoms with Crippen molar-refractivity contribution in [1.82, 2.24) is 24.6 Å². The van der Waals surface area contributed by atoms with E-state index in [1.54, 1.807) is 4.90 Å². The molecule has 5 rings (SSSR count). The Labute approximate surface area is 194 Å². The molecule has 1 amide bonds. The molecule has 2 aromatic rings. The lowest BCUT2D eigenvalue weighted by atomic mass is 10.1. The second kappa shape index (κ2) is 7.63. The lowest BCUT2D eigenvalue weighted by molar-refractivity contribution is 0.0240. The number of benzene rings is 1. The molecule has 9 heteroatoms. The molecule has 172 valence electrons. The Morgan fingerprint density at radius 2 is 1.81 bits per heavy atom. The van der Waals surface area contributed by atoms with Gasteiger partial charge in [-0.3, -0.25) is 9.47 Å². The smallest absolute Gasteiger partial charge is 0.410 e. The van der Waals surface area contributed by atoms with E-state index in [4.69, 9.17) is 16.3 Å². The summed E-state index contributed by atoms with van der Waals surface area (Å²) >= 11 is 6.37. The number of carbonyl (C=O) groups excluding carboxylic acids is 1. The van der Waals surface area contributed by atoms with Crippen molar-refractivity contribution >= 4 is 23.6 Å². The van der Waals surface area contributed by atoms with Crippen molar-refractivity contribution in [2.45, 2.75) is 64.8 Å². The zero-order chi connectivity index (χ0) is 22.7. The van der Waals surface area contributed by atoms with E-state index in [1.165, 1.54) is 18.4 Å². The van der Waals surface area contributed by atoms with Gasteiger partial charge in [0.25, 0.3) is 0 Å². The zero-order valence-electron chi connectivity index (χ0n) is 19.3. The van der Waals surface area contributed by atoms with E-state index < -0.39 is 5.60 Å². The van der Waals surface area contributed by atoms with Crippen LogP contribution in [-0.4, -0.2) is 68.0 Å². The molecule has 1 aromatic carbocycles. The minimum Gasteiger partial charge on any atom is -0.444 e. The van der Waals surface area contributed by atoms with Crippen LogP contribution in [-0.2, 0) is 17.8 Å². The number of ether oxygens (including phenoxy) is 1. The van der Waals surface area contributed by atoms with Crippen LogP contribution in [0.25, 0.3) is 5.69 Å². The number of hydrogen-bond donors (Lipinski definition) is 0. The van der Waals surface area contributed by atoms with Crippen molar-refractivity contribution in [1.29, 1.82) is 0 Å². The van der Waals surface area contributed by atoms with Gasteiger partial charge < -0.3 is 14.5 Å². The van der Waals surface area contributed by atoms with Gasteiger partial charge in [-0.05, 0) is 64.3 Å². The van der Waals surface area contributed by atoms with Gasteiger partial charge in [-0.25, -0.2) is 4.79 Å². The molecule has 2 fully saturated rings. The highest BCUT2D eigenvalue weighted by molar-refractivity contribution is 6.30. The zero-order valence-corrected chi connectivity index (χ0v) is 20.0. The third-order valence-electron chi connectivity index (χ3n) is 6.64. The van der Waals surface area contributed by atoms with Crippen molar-refractivity contribution in [2.75, 3.05) is 31.1 Å². The van der Waals surface area contributed by atoms with Gasteiger partial charge in [-0.1, -0.05) is 11.6 Å². The Kier molecular flexibility index (Phi) is 5.13. The van der Waals surface area contributed by atoms with E-state index in [0.717, 1.165) is 35.6 Å². The summed E-state index contributed by atoms with van der Waals surface area (Å²) in [4.78, 5) is 18.9. The average Bonchev–Trinajstić information content (AvgIpc) is 3.39. The summed E-state index contributed by atoms with van der Waals surface area (Å²) in [6, 6.07) is 6.07. The summed E-state index contributed by atoms with van der Waals surface area (Å²) in [7, 11) is 0. The molecule has 3 heterocycles. The van der Waals surface area contributed by atoms with Gasteiger partial charge >= 0.3 is 6.09 Å². The second-order valence-corrected chi connectivity index (χ2v) is 10.8. The normalized spacial score (nSPS) is 20.4. The predicted molar refractivity (Wildman–Crippen MR) is 123 cm³/mol. The fraction of sp³-hybridized carbons (Fsp3) is 0.609. The second-order valence-electron chi connectivity index (χ2n) is 10.3. The maximum absolute atomic E-state index is 12.5. The van der Waals surface area contributed by atoms with Gasteiger partial charge in [0.15, 0.2) is 5.82 Å². The molecule has 2 aliphatic heterocycles. The van der Waals surface area contributed by atoms with Crippen molar-refractivity contribution < 1.29 is 9.53 Å². The van der Waals surface area contributed by atoms with E-state index >= 15 is 0 Å². The van der Waals surface area contributed by atoms with Crippen molar-refractivity contribution in [3.8, 4) is 5.69 Å². The topological polar surface area (TPSA) is 66.7 Å². The van der Waals surface area contributed by atoms with E-state index in [9.17, 15) is 4.79 Å². The highest BCUT2D eigenvalue weighted by Crippen LogP contribution is 2.44. The van der Waals surface area contributed by atoms with Crippen LogP contribution in [0.4, 0.5) is 10.7 Å². The molecule has 0 unspecified atom stereocenters. The van der Waals surface area contributed by atoms with Crippen molar-refractivity contribution in [3.05, 3.63) is 34.6 Å². The number of halogens is 1. The van der Waals surface area contributed by atoms with Gasteiger partial charge in [-0.15, -0.1) is 10.2 Å². The maximum Gasteiger partial charge on any atom is 0.410 e. The lowest BCUT2D eigenvalue weighted by Crippen LogP contribution is -2.50. The molecule has 8 nitrogen and oxygen atoms in total. The van der Waals surface area contributed by atoms with E-state index in [-0.39, 0.29) is 11.6 Å². The summed E-state index contributed by atoms with van der Waals surface area (Å²) in [5, 5.41) is 9.94. The molecule has 1 saturated carbocycles. The summed E-state index contributed by atoms with van der Waals surface area (Å²) in [5.41, 5.74) is 2.01. The Hall–Kier alpha value is -2.32. The minimum absolute atomic E-state index is 0.222. The number of hydrogen-bond acceptors (Lipinski definition) is 6. The Morgan fingerprint density at radius 3 is 2.47 bits per heavy atom. The van der Waals surface area contributed by atoms with Gasteiger partial charge in [0.05, 0.1) is 12.2 Å². The van der Waals surface area contributed by atoms with Crippen LogP contribution in [0.2, 0.25) is 5.02 Å². The van der Waals surface area contributed by atoms with E-state index in [1.807, 2.05) is 26.8 Å².